The Hall–Kier alpha value is -2.16. The van der Waals surface area contributed by atoms with Crippen LogP contribution in [0.4, 0.5) is 5.69 Å². The Bertz CT molecular complexity index is 622. The molecular formula is C17H19NO2. The molecule has 3 rings (SSSR count). The topological polar surface area (TPSA) is 30.5 Å². The summed E-state index contributed by atoms with van der Waals surface area (Å²) in [6.07, 6.45) is 2.30. The van der Waals surface area contributed by atoms with Gasteiger partial charge in [-0.15, -0.1) is 0 Å². The molecule has 0 saturated carbocycles. The third kappa shape index (κ3) is 2.20. The number of rotatable bonds is 3. The minimum atomic E-state index is 0.763. The summed E-state index contributed by atoms with van der Waals surface area (Å²) in [6, 6.07) is 12.5. The van der Waals surface area contributed by atoms with Crippen LogP contribution in [-0.2, 0) is 6.42 Å². The van der Waals surface area contributed by atoms with Gasteiger partial charge in [0.15, 0.2) is 11.5 Å². The van der Waals surface area contributed by atoms with Gasteiger partial charge in [0.05, 0.1) is 14.2 Å². The Morgan fingerprint density at radius 2 is 1.85 bits per heavy atom. The lowest BCUT2D eigenvalue weighted by atomic mass is 9.93. The smallest absolute Gasteiger partial charge is 0.161 e. The second-order valence-corrected chi connectivity index (χ2v) is 4.93. The fourth-order valence-corrected chi connectivity index (χ4v) is 2.78. The molecule has 0 radical (unpaired) electrons. The SMILES string of the molecule is COc1ccc(-c2cccc3c2CCCN3)cc1OC. The molecule has 0 aliphatic carbocycles. The van der Waals surface area contributed by atoms with Crippen LogP contribution in [0.2, 0.25) is 0 Å². The number of hydrogen-bond acceptors (Lipinski definition) is 3. The van der Waals surface area contributed by atoms with E-state index in [1.807, 2.05) is 12.1 Å². The molecule has 0 unspecified atom stereocenters. The van der Waals surface area contributed by atoms with E-state index in [-0.39, 0.29) is 0 Å². The summed E-state index contributed by atoms with van der Waals surface area (Å²) < 4.78 is 10.7. The molecule has 0 atom stereocenters. The van der Waals surface area contributed by atoms with Gasteiger partial charge in [0.25, 0.3) is 0 Å². The van der Waals surface area contributed by atoms with Gasteiger partial charge in [-0.25, -0.2) is 0 Å². The van der Waals surface area contributed by atoms with Gasteiger partial charge in [0.1, 0.15) is 0 Å². The predicted molar refractivity (Wildman–Crippen MR) is 81.8 cm³/mol. The van der Waals surface area contributed by atoms with Gasteiger partial charge in [0.2, 0.25) is 0 Å². The molecule has 1 aliphatic rings. The van der Waals surface area contributed by atoms with E-state index in [9.17, 15) is 0 Å². The van der Waals surface area contributed by atoms with E-state index >= 15 is 0 Å². The third-order valence-electron chi connectivity index (χ3n) is 3.79. The lowest BCUT2D eigenvalue weighted by Gasteiger charge is -2.21. The van der Waals surface area contributed by atoms with Crippen LogP contribution < -0.4 is 14.8 Å². The van der Waals surface area contributed by atoms with Crippen LogP contribution >= 0.6 is 0 Å². The zero-order valence-corrected chi connectivity index (χ0v) is 11.9. The molecule has 1 N–H and O–H groups in total. The van der Waals surface area contributed by atoms with Crippen molar-refractivity contribution < 1.29 is 9.47 Å². The summed E-state index contributed by atoms with van der Waals surface area (Å²) in [5.41, 5.74) is 5.09. The first-order valence-electron chi connectivity index (χ1n) is 6.91. The summed E-state index contributed by atoms with van der Waals surface area (Å²) in [6.45, 7) is 1.06. The van der Waals surface area contributed by atoms with E-state index in [4.69, 9.17) is 9.47 Å². The van der Waals surface area contributed by atoms with Crippen molar-refractivity contribution in [3.05, 3.63) is 42.0 Å². The minimum Gasteiger partial charge on any atom is -0.493 e. The molecule has 0 fully saturated rings. The molecule has 1 heterocycles. The maximum atomic E-state index is 5.40. The summed E-state index contributed by atoms with van der Waals surface area (Å²) in [7, 11) is 3.33. The van der Waals surface area contributed by atoms with Crippen molar-refractivity contribution >= 4 is 5.69 Å². The highest BCUT2D eigenvalue weighted by atomic mass is 16.5. The van der Waals surface area contributed by atoms with Gasteiger partial charge in [-0.2, -0.15) is 0 Å². The number of hydrogen-bond donors (Lipinski definition) is 1. The number of nitrogens with one attached hydrogen (secondary N) is 1. The second kappa shape index (κ2) is 5.45. The van der Waals surface area contributed by atoms with Crippen molar-refractivity contribution in [1.82, 2.24) is 0 Å². The fraction of sp³-hybridized carbons (Fsp3) is 0.294. The molecule has 3 heteroatoms. The largest absolute Gasteiger partial charge is 0.493 e. The predicted octanol–water partition coefficient (Wildman–Crippen LogP) is 3.73. The van der Waals surface area contributed by atoms with Gasteiger partial charge in [0, 0.05) is 12.2 Å². The first kappa shape index (κ1) is 12.9. The Balaban J connectivity index is 2.09. The van der Waals surface area contributed by atoms with Crippen LogP contribution in [0.5, 0.6) is 11.5 Å². The van der Waals surface area contributed by atoms with Crippen LogP contribution in [0.3, 0.4) is 0 Å². The average Bonchev–Trinajstić information content (AvgIpc) is 2.53. The normalized spacial score (nSPS) is 13.3. The summed E-state index contributed by atoms with van der Waals surface area (Å²) in [5.74, 6) is 1.53. The number of anilines is 1. The third-order valence-corrected chi connectivity index (χ3v) is 3.79. The highest BCUT2D eigenvalue weighted by molar-refractivity contribution is 5.76. The molecule has 0 aromatic heterocycles. The van der Waals surface area contributed by atoms with Crippen molar-refractivity contribution in [1.29, 1.82) is 0 Å². The van der Waals surface area contributed by atoms with Crippen LogP contribution in [0, 0.1) is 0 Å². The Labute approximate surface area is 119 Å². The van der Waals surface area contributed by atoms with E-state index in [1.165, 1.54) is 28.8 Å². The van der Waals surface area contributed by atoms with E-state index in [0.29, 0.717) is 0 Å². The van der Waals surface area contributed by atoms with Gasteiger partial charge in [-0.1, -0.05) is 18.2 Å². The van der Waals surface area contributed by atoms with Gasteiger partial charge in [-0.3, -0.25) is 0 Å². The monoisotopic (exact) mass is 269 g/mol. The molecule has 2 aromatic rings. The van der Waals surface area contributed by atoms with Gasteiger partial charge < -0.3 is 14.8 Å². The summed E-state index contributed by atoms with van der Waals surface area (Å²) in [4.78, 5) is 0. The average molecular weight is 269 g/mol. The zero-order valence-electron chi connectivity index (χ0n) is 11.9. The van der Waals surface area contributed by atoms with E-state index in [0.717, 1.165) is 24.5 Å². The van der Waals surface area contributed by atoms with Crippen LogP contribution in [-0.4, -0.2) is 20.8 Å². The molecule has 3 nitrogen and oxygen atoms in total. The van der Waals surface area contributed by atoms with Crippen molar-refractivity contribution in [3.63, 3.8) is 0 Å². The molecule has 1 aliphatic heterocycles. The van der Waals surface area contributed by atoms with Crippen LogP contribution in [0.15, 0.2) is 36.4 Å². The standard InChI is InChI=1S/C17H19NO2/c1-19-16-9-8-12(11-17(16)20-2)13-5-3-7-15-14(13)6-4-10-18-15/h3,5,7-9,11,18H,4,6,10H2,1-2H3. The molecular weight excluding hydrogens is 250 g/mol. The maximum absolute atomic E-state index is 5.40. The molecule has 0 bridgehead atoms. The molecule has 0 saturated heterocycles. The molecule has 0 amide bonds. The molecule has 0 spiro atoms. The van der Waals surface area contributed by atoms with E-state index < -0.39 is 0 Å². The van der Waals surface area contributed by atoms with Crippen molar-refractivity contribution in [2.24, 2.45) is 0 Å². The number of ether oxygens (including phenoxy) is 2. The first-order valence-corrected chi connectivity index (χ1v) is 6.91. The minimum absolute atomic E-state index is 0.763. The number of methoxy groups -OCH3 is 2. The lowest BCUT2D eigenvalue weighted by Crippen LogP contribution is -2.12. The van der Waals surface area contributed by atoms with Gasteiger partial charge in [-0.05, 0) is 47.7 Å². The summed E-state index contributed by atoms with van der Waals surface area (Å²) in [5, 5.41) is 3.47. The Morgan fingerprint density at radius 1 is 1.00 bits per heavy atom. The zero-order chi connectivity index (χ0) is 13.9. The molecule has 2 aromatic carbocycles. The number of fused-ring (bicyclic) bond motifs is 1. The van der Waals surface area contributed by atoms with Crippen molar-refractivity contribution in [3.8, 4) is 22.6 Å². The Kier molecular flexibility index (Phi) is 3.50. The van der Waals surface area contributed by atoms with E-state index in [1.54, 1.807) is 14.2 Å². The van der Waals surface area contributed by atoms with Gasteiger partial charge >= 0.3 is 0 Å². The molecule has 104 valence electrons. The lowest BCUT2D eigenvalue weighted by molar-refractivity contribution is 0.355. The first-order chi connectivity index (χ1) is 9.83. The Morgan fingerprint density at radius 3 is 2.65 bits per heavy atom. The number of benzene rings is 2. The van der Waals surface area contributed by atoms with Crippen molar-refractivity contribution in [2.45, 2.75) is 12.8 Å². The van der Waals surface area contributed by atoms with Crippen molar-refractivity contribution in [2.75, 3.05) is 26.1 Å². The van der Waals surface area contributed by atoms with Crippen LogP contribution in [0.25, 0.3) is 11.1 Å². The van der Waals surface area contributed by atoms with Crippen LogP contribution in [0.1, 0.15) is 12.0 Å². The second-order valence-electron chi connectivity index (χ2n) is 4.93. The fourth-order valence-electron chi connectivity index (χ4n) is 2.78. The van der Waals surface area contributed by atoms with E-state index in [2.05, 4.69) is 29.6 Å². The maximum Gasteiger partial charge on any atom is 0.161 e. The highest BCUT2D eigenvalue weighted by Gasteiger charge is 2.14. The summed E-state index contributed by atoms with van der Waals surface area (Å²) >= 11 is 0. The molecule has 20 heavy (non-hydrogen) atoms. The quantitative estimate of drug-likeness (QED) is 0.921. The highest BCUT2D eigenvalue weighted by Crippen LogP contribution is 2.37.